The number of rotatable bonds is 3. The van der Waals surface area contributed by atoms with Crippen molar-refractivity contribution in [2.24, 2.45) is 0 Å². The van der Waals surface area contributed by atoms with Crippen molar-refractivity contribution < 1.29 is 49.8 Å². The number of carboxylic acids is 1. The van der Waals surface area contributed by atoms with Crippen LogP contribution in [0.25, 0.3) is 0 Å². The van der Waals surface area contributed by atoms with E-state index in [0.29, 0.717) is 0 Å². The van der Waals surface area contributed by atoms with Crippen LogP contribution in [-0.4, -0.2) is 5.97 Å². The van der Waals surface area contributed by atoms with Crippen LogP contribution in [0.5, 0.6) is 11.5 Å². The van der Waals surface area contributed by atoms with E-state index in [1.54, 1.807) is 0 Å². The highest BCUT2D eigenvalue weighted by molar-refractivity contribution is 5.86. The molecule has 0 saturated carbocycles. The van der Waals surface area contributed by atoms with E-state index in [0.717, 1.165) is 0 Å². The van der Waals surface area contributed by atoms with Gasteiger partial charge < -0.3 is 14.6 Å². The van der Waals surface area contributed by atoms with E-state index in [9.17, 15) is 45.0 Å². The van der Waals surface area contributed by atoms with Crippen molar-refractivity contribution >= 4 is 5.97 Å². The van der Waals surface area contributed by atoms with Crippen LogP contribution in [0.1, 0.15) is 21.5 Å². The van der Waals surface area contributed by atoms with E-state index in [4.69, 9.17) is 0 Å². The third-order valence-electron chi connectivity index (χ3n) is 3.03. The van der Waals surface area contributed by atoms with Crippen LogP contribution in [-0.2, 0) is 12.4 Å². The first-order valence-corrected chi connectivity index (χ1v) is 6.47. The maximum atomic E-state index is 13.7. The maximum Gasteiger partial charge on any atom is 0.416 e. The first-order valence-electron chi connectivity index (χ1n) is 6.47. The number of carbonyl (C=O) groups excluding carboxylic acids is 1. The standard InChI is InChI=1S/C15H6F8O3/c16-10-5-12(11(17)4-9(10)13(24)25)26-8-2-6(14(18,19)20)1-7(3-8)15(21,22)23/h1-5H,(H,24,25)/p-1. The summed E-state index contributed by atoms with van der Waals surface area (Å²) >= 11 is 0. The SMILES string of the molecule is O=C([O-])c1cc(F)c(Oc2cc(C(F)(F)F)cc(C(F)(F)F)c2)cc1F. The van der Waals surface area contributed by atoms with E-state index in [1.807, 2.05) is 0 Å². The Morgan fingerprint density at radius 2 is 1.31 bits per heavy atom. The van der Waals surface area contributed by atoms with Crippen LogP contribution in [0.3, 0.4) is 0 Å². The zero-order valence-electron chi connectivity index (χ0n) is 12.1. The second kappa shape index (κ2) is 6.46. The third kappa shape index (κ3) is 4.21. The quantitative estimate of drug-likeness (QED) is 0.746. The Morgan fingerprint density at radius 3 is 1.73 bits per heavy atom. The van der Waals surface area contributed by atoms with Gasteiger partial charge in [0, 0.05) is 11.6 Å². The van der Waals surface area contributed by atoms with Crippen LogP contribution in [0.15, 0.2) is 30.3 Å². The predicted octanol–water partition coefficient (Wildman–Crippen LogP) is 4.16. The highest BCUT2D eigenvalue weighted by atomic mass is 19.4. The van der Waals surface area contributed by atoms with Gasteiger partial charge in [-0.3, -0.25) is 0 Å². The van der Waals surface area contributed by atoms with Gasteiger partial charge in [-0.05, 0) is 24.3 Å². The van der Waals surface area contributed by atoms with Crippen LogP contribution in [0.4, 0.5) is 35.1 Å². The second-order valence-corrected chi connectivity index (χ2v) is 4.89. The van der Waals surface area contributed by atoms with Crippen LogP contribution in [0.2, 0.25) is 0 Å². The lowest BCUT2D eigenvalue weighted by molar-refractivity contribution is -0.255. The summed E-state index contributed by atoms with van der Waals surface area (Å²) in [6, 6.07) is 0.410. The van der Waals surface area contributed by atoms with E-state index in [1.165, 1.54) is 0 Å². The molecule has 2 aromatic rings. The monoisotopic (exact) mass is 385 g/mol. The predicted molar refractivity (Wildman–Crippen MR) is 67.2 cm³/mol. The van der Waals surface area contributed by atoms with Gasteiger partial charge in [-0.25, -0.2) is 8.78 Å². The number of carbonyl (C=O) groups is 1. The number of hydrogen-bond acceptors (Lipinski definition) is 3. The normalized spacial score (nSPS) is 12.2. The number of carboxylic acid groups (broad SMARTS) is 1. The van der Waals surface area contributed by atoms with Crippen LogP contribution < -0.4 is 9.84 Å². The van der Waals surface area contributed by atoms with Crippen molar-refractivity contribution in [2.75, 3.05) is 0 Å². The average molecular weight is 385 g/mol. The average Bonchev–Trinajstić information content (AvgIpc) is 2.48. The van der Waals surface area contributed by atoms with Crippen LogP contribution in [0, 0.1) is 11.6 Å². The van der Waals surface area contributed by atoms with Gasteiger partial charge in [-0.1, -0.05) is 0 Å². The van der Waals surface area contributed by atoms with E-state index < -0.39 is 58.1 Å². The highest BCUT2D eigenvalue weighted by Crippen LogP contribution is 2.39. The Labute approximate surface area is 139 Å². The molecule has 0 spiro atoms. The number of aromatic carboxylic acids is 1. The second-order valence-electron chi connectivity index (χ2n) is 4.89. The minimum absolute atomic E-state index is 0.123. The third-order valence-corrected chi connectivity index (χ3v) is 3.03. The van der Waals surface area contributed by atoms with Gasteiger partial charge in [0.05, 0.1) is 17.1 Å². The summed E-state index contributed by atoms with van der Waals surface area (Å²) in [6.07, 6.45) is -10.3. The van der Waals surface area contributed by atoms with Crippen molar-refractivity contribution in [1.29, 1.82) is 0 Å². The maximum absolute atomic E-state index is 13.7. The smallest absolute Gasteiger partial charge is 0.416 e. The lowest BCUT2D eigenvalue weighted by Crippen LogP contribution is -2.23. The molecule has 0 unspecified atom stereocenters. The Balaban J connectivity index is 2.53. The molecule has 2 rings (SSSR count). The molecule has 0 aliphatic heterocycles. The Bertz CT molecular complexity index is 823. The molecular weight excluding hydrogens is 380 g/mol. The summed E-state index contributed by atoms with van der Waals surface area (Å²) in [5.74, 6) is -7.35. The summed E-state index contributed by atoms with van der Waals surface area (Å²) in [4.78, 5) is 10.5. The molecule has 3 nitrogen and oxygen atoms in total. The lowest BCUT2D eigenvalue weighted by Gasteiger charge is -2.15. The molecule has 26 heavy (non-hydrogen) atoms. The lowest BCUT2D eigenvalue weighted by atomic mass is 10.1. The summed E-state index contributed by atoms with van der Waals surface area (Å²) in [5.41, 5.74) is -4.65. The Kier molecular flexibility index (Phi) is 4.84. The molecule has 0 atom stereocenters. The number of alkyl halides is 6. The molecular formula is C15H5F8O3-. The molecule has 0 fully saturated rings. The molecule has 0 N–H and O–H groups in total. The van der Waals surface area contributed by atoms with Gasteiger partial charge in [0.1, 0.15) is 11.6 Å². The fourth-order valence-electron chi connectivity index (χ4n) is 1.88. The molecule has 0 saturated heterocycles. The number of benzene rings is 2. The first kappa shape index (κ1) is 19.5. The van der Waals surface area contributed by atoms with Crippen LogP contribution >= 0.6 is 0 Å². The molecule has 0 radical (unpaired) electrons. The molecule has 0 aliphatic carbocycles. The van der Waals surface area contributed by atoms with Gasteiger partial charge in [-0.15, -0.1) is 0 Å². The fraction of sp³-hybridized carbons (Fsp3) is 0.133. The van der Waals surface area contributed by atoms with Crippen molar-refractivity contribution in [3.63, 3.8) is 0 Å². The minimum Gasteiger partial charge on any atom is -0.545 e. The summed E-state index contributed by atoms with van der Waals surface area (Å²) in [5, 5.41) is 10.5. The summed E-state index contributed by atoms with van der Waals surface area (Å²) < 4.78 is 108. The number of hydrogen-bond donors (Lipinski definition) is 0. The Hall–Kier alpha value is -2.85. The minimum atomic E-state index is -5.16. The molecule has 0 amide bonds. The summed E-state index contributed by atoms with van der Waals surface area (Å²) in [6.45, 7) is 0. The Morgan fingerprint density at radius 1 is 0.808 bits per heavy atom. The van der Waals surface area contributed by atoms with Gasteiger partial charge in [0.25, 0.3) is 0 Å². The van der Waals surface area contributed by atoms with Crippen molar-refractivity contribution in [1.82, 2.24) is 0 Å². The molecule has 0 aliphatic rings. The molecule has 140 valence electrons. The number of ether oxygens (including phenoxy) is 1. The van der Waals surface area contributed by atoms with Gasteiger partial charge in [0.15, 0.2) is 11.6 Å². The summed E-state index contributed by atoms with van der Waals surface area (Å²) in [7, 11) is 0. The molecule has 0 heterocycles. The molecule has 0 aromatic heterocycles. The largest absolute Gasteiger partial charge is 0.545 e. The van der Waals surface area contributed by atoms with Crippen molar-refractivity contribution in [3.8, 4) is 11.5 Å². The van der Waals surface area contributed by atoms with E-state index >= 15 is 0 Å². The van der Waals surface area contributed by atoms with Crippen molar-refractivity contribution in [3.05, 3.63) is 58.7 Å². The van der Waals surface area contributed by atoms with E-state index in [-0.39, 0.29) is 30.3 Å². The zero-order chi connectivity index (χ0) is 19.9. The van der Waals surface area contributed by atoms with Gasteiger partial charge >= 0.3 is 12.4 Å². The fourth-order valence-corrected chi connectivity index (χ4v) is 1.88. The zero-order valence-corrected chi connectivity index (χ0v) is 12.1. The number of halogens is 8. The highest BCUT2D eigenvalue weighted by Gasteiger charge is 2.37. The van der Waals surface area contributed by atoms with E-state index in [2.05, 4.69) is 4.74 Å². The molecule has 0 bridgehead atoms. The topological polar surface area (TPSA) is 49.4 Å². The molecule has 2 aromatic carbocycles. The van der Waals surface area contributed by atoms with Gasteiger partial charge in [-0.2, -0.15) is 26.3 Å². The first-order chi connectivity index (χ1) is 11.8. The van der Waals surface area contributed by atoms with Gasteiger partial charge in [0.2, 0.25) is 0 Å². The molecule has 11 heteroatoms. The van der Waals surface area contributed by atoms with Crippen molar-refractivity contribution in [2.45, 2.75) is 12.4 Å².